The van der Waals surface area contributed by atoms with Crippen molar-refractivity contribution in [2.24, 2.45) is 17.3 Å². The third-order valence-electron chi connectivity index (χ3n) is 9.48. The van der Waals surface area contributed by atoms with Gasteiger partial charge in [0.15, 0.2) is 17.2 Å². The Morgan fingerprint density at radius 3 is 2.50 bits per heavy atom. The number of hydrogen-bond donors (Lipinski definition) is 0. The summed E-state index contributed by atoms with van der Waals surface area (Å²) in [5.41, 5.74) is 4.99. The van der Waals surface area contributed by atoms with Crippen molar-refractivity contribution >= 4 is 23.7 Å². The van der Waals surface area contributed by atoms with Crippen molar-refractivity contribution in [2.75, 3.05) is 19.0 Å². The van der Waals surface area contributed by atoms with E-state index in [0.29, 0.717) is 25.2 Å². The quantitative estimate of drug-likeness (QED) is 0.567. The average molecular weight is 462 g/mol. The molecule has 4 aliphatic rings. The normalized spacial score (nSPS) is 34.5. The highest BCUT2D eigenvalue weighted by Gasteiger charge is 2.66. The number of hydrogen-bond acceptors (Lipinski definition) is 5. The maximum absolute atomic E-state index is 13.1. The number of Topliss-reactive ketones (excluding diaryl/α,β-unsaturated/α-hetero) is 1. The van der Waals surface area contributed by atoms with Crippen molar-refractivity contribution in [2.45, 2.75) is 70.3 Å². The van der Waals surface area contributed by atoms with E-state index in [1.807, 2.05) is 20.2 Å². The van der Waals surface area contributed by atoms with Crippen LogP contribution in [0.3, 0.4) is 0 Å². The van der Waals surface area contributed by atoms with Gasteiger partial charge in [0.05, 0.1) is 0 Å². The van der Waals surface area contributed by atoms with Gasteiger partial charge in [0.25, 0.3) is 6.47 Å². The summed E-state index contributed by atoms with van der Waals surface area (Å²) in [6, 6.07) is 8.74. The molecule has 1 aromatic rings. The zero-order valence-corrected chi connectivity index (χ0v) is 20.7. The van der Waals surface area contributed by atoms with E-state index >= 15 is 0 Å². The molecule has 2 unspecified atom stereocenters. The van der Waals surface area contributed by atoms with Gasteiger partial charge in [0, 0.05) is 37.5 Å². The predicted octanol–water partition coefficient (Wildman–Crippen LogP) is 5.15. The Morgan fingerprint density at radius 1 is 1.12 bits per heavy atom. The molecule has 5 nitrogen and oxygen atoms in total. The Kier molecular flexibility index (Phi) is 5.57. The number of benzene rings is 1. The van der Waals surface area contributed by atoms with Gasteiger partial charge in [-0.1, -0.05) is 24.6 Å². The lowest BCUT2D eigenvalue weighted by Gasteiger charge is -2.54. The summed E-state index contributed by atoms with van der Waals surface area (Å²) in [6.07, 6.45) is 7.42. The van der Waals surface area contributed by atoms with Gasteiger partial charge in [-0.15, -0.1) is 0 Å². The largest absolute Gasteiger partial charge is 0.453 e. The highest BCUT2D eigenvalue weighted by Crippen LogP contribution is 2.67. The number of ether oxygens (including phenoxy) is 1. The van der Waals surface area contributed by atoms with Crippen molar-refractivity contribution in [3.63, 3.8) is 0 Å². The molecule has 0 aromatic heterocycles. The van der Waals surface area contributed by atoms with Crippen molar-refractivity contribution in [1.29, 1.82) is 0 Å². The van der Waals surface area contributed by atoms with Crippen molar-refractivity contribution < 1.29 is 19.1 Å². The molecule has 5 atom stereocenters. The van der Waals surface area contributed by atoms with Gasteiger partial charge in [0.2, 0.25) is 0 Å². The molecule has 0 saturated heterocycles. The molecule has 1 aromatic carbocycles. The highest BCUT2D eigenvalue weighted by atomic mass is 16.5. The number of nitrogens with zero attached hydrogens (tertiary/aromatic N) is 1. The van der Waals surface area contributed by atoms with Gasteiger partial charge in [-0.05, 0) is 92.2 Å². The molecule has 180 valence electrons. The second kappa shape index (κ2) is 8.21. The van der Waals surface area contributed by atoms with E-state index in [0.717, 1.165) is 37.8 Å². The van der Waals surface area contributed by atoms with Crippen molar-refractivity contribution in [1.82, 2.24) is 0 Å². The molecule has 2 saturated carbocycles. The molecular formula is C29H35NO4. The van der Waals surface area contributed by atoms with Crippen LogP contribution in [-0.2, 0) is 19.1 Å². The lowest BCUT2D eigenvalue weighted by atomic mass is 9.50. The monoisotopic (exact) mass is 461 g/mol. The molecule has 0 spiro atoms. The minimum atomic E-state index is -1.06. The molecule has 0 N–H and O–H groups in total. The van der Waals surface area contributed by atoms with Crippen LogP contribution in [0, 0.1) is 17.3 Å². The van der Waals surface area contributed by atoms with Gasteiger partial charge >= 0.3 is 0 Å². The van der Waals surface area contributed by atoms with Crippen LogP contribution in [0.2, 0.25) is 0 Å². The lowest BCUT2D eigenvalue weighted by Crippen LogP contribution is -2.56. The van der Waals surface area contributed by atoms with E-state index in [2.05, 4.69) is 36.1 Å². The van der Waals surface area contributed by atoms with Crippen molar-refractivity contribution in [3.8, 4) is 0 Å². The van der Waals surface area contributed by atoms with Crippen LogP contribution >= 0.6 is 0 Å². The molecule has 0 aliphatic heterocycles. The molecule has 5 rings (SSSR count). The molecule has 34 heavy (non-hydrogen) atoms. The Bertz CT molecular complexity index is 1100. The fraction of sp³-hybridized carbons (Fsp3) is 0.552. The van der Waals surface area contributed by atoms with E-state index in [4.69, 9.17) is 4.74 Å². The Labute approximate surface area is 202 Å². The van der Waals surface area contributed by atoms with Crippen LogP contribution in [-0.4, -0.2) is 37.7 Å². The first-order valence-corrected chi connectivity index (χ1v) is 12.6. The second-order valence-electron chi connectivity index (χ2n) is 11.1. The average Bonchev–Trinajstić information content (AvgIpc) is 3.11. The summed E-state index contributed by atoms with van der Waals surface area (Å²) in [5.74, 6) is 0.967. The first-order valence-electron chi connectivity index (χ1n) is 12.6. The molecule has 5 heteroatoms. The fourth-order valence-corrected chi connectivity index (χ4v) is 7.89. The first-order chi connectivity index (χ1) is 16.2. The summed E-state index contributed by atoms with van der Waals surface area (Å²) in [7, 11) is 4.07. The fourth-order valence-electron chi connectivity index (χ4n) is 7.89. The Hall–Kier alpha value is -2.69. The van der Waals surface area contributed by atoms with Gasteiger partial charge in [-0.3, -0.25) is 14.4 Å². The molecule has 0 radical (unpaired) electrons. The third kappa shape index (κ3) is 3.23. The number of ketones is 2. The number of fused-ring (bicyclic) bond motifs is 4. The van der Waals surface area contributed by atoms with E-state index in [9.17, 15) is 14.4 Å². The number of carbonyl (C=O) groups is 3. The summed E-state index contributed by atoms with van der Waals surface area (Å²) in [6.45, 7) is 4.26. The SMILES string of the molecule is CC(=O)[C@@]1(OC=O)CCC2C3CCC4=CC(=O)CCC4=C3[C@@H](c3ccc(N(C)C)cc3)C[C@@]21C. The Balaban J connectivity index is 1.68. The molecule has 4 aliphatic carbocycles. The molecule has 0 bridgehead atoms. The predicted molar refractivity (Wildman–Crippen MR) is 132 cm³/mol. The van der Waals surface area contributed by atoms with Crippen LogP contribution in [0.25, 0.3) is 0 Å². The maximum atomic E-state index is 13.1. The molecule has 0 amide bonds. The van der Waals surface area contributed by atoms with Gasteiger partial charge in [0.1, 0.15) is 0 Å². The lowest BCUT2D eigenvalue weighted by molar-refractivity contribution is -0.173. The van der Waals surface area contributed by atoms with E-state index in [1.165, 1.54) is 22.3 Å². The minimum Gasteiger partial charge on any atom is -0.453 e. The van der Waals surface area contributed by atoms with Gasteiger partial charge in [-0.25, -0.2) is 0 Å². The standard InChI is InChI=1S/C29H35NO4/c1-18(32)29(34-17-31)14-13-26-24-11-7-20-15-22(33)10-12-23(20)27(24)25(16-28(26,29)2)19-5-8-21(9-6-19)30(3)4/h5-6,8-9,15,17,24-26H,7,10-14,16H2,1-4H3/t24?,25-,26?,28+,29+/m1/s1. The number of carbonyl (C=O) groups excluding carboxylic acids is 3. The molecule has 0 heterocycles. The first kappa shape index (κ1) is 23.1. The van der Waals surface area contributed by atoms with Crippen LogP contribution < -0.4 is 4.90 Å². The molecule has 2 fully saturated rings. The van der Waals surface area contributed by atoms with Crippen LogP contribution in [0.1, 0.15) is 70.3 Å². The third-order valence-corrected chi connectivity index (χ3v) is 9.48. The van der Waals surface area contributed by atoms with Crippen molar-refractivity contribution in [3.05, 3.63) is 52.6 Å². The topological polar surface area (TPSA) is 63.7 Å². The van der Waals surface area contributed by atoms with Crippen LogP contribution in [0.5, 0.6) is 0 Å². The summed E-state index contributed by atoms with van der Waals surface area (Å²) >= 11 is 0. The molecular weight excluding hydrogens is 426 g/mol. The van der Waals surface area contributed by atoms with Gasteiger partial charge < -0.3 is 9.64 Å². The zero-order valence-electron chi connectivity index (χ0n) is 20.7. The highest BCUT2D eigenvalue weighted by molar-refractivity contribution is 5.93. The van der Waals surface area contributed by atoms with Gasteiger partial charge in [-0.2, -0.15) is 0 Å². The zero-order chi connectivity index (χ0) is 24.3. The van der Waals surface area contributed by atoms with E-state index in [1.54, 1.807) is 6.92 Å². The number of allylic oxidation sites excluding steroid dienone is 4. The van der Waals surface area contributed by atoms with E-state index < -0.39 is 11.0 Å². The van der Waals surface area contributed by atoms with Crippen LogP contribution in [0.4, 0.5) is 5.69 Å². The summed E-state index contributed by atoms with van der Waals surface area (Å²) in [4.78, 5) is 39.0. The smallest absolute Gasteiger partial charge is 0.294 e. The summed E-state index contributed by atoms with van der Waals surface area (Å²) < 4.78 is 5.75. The van der Waals surface area contributed by atoms with Crippen LogP contribution in [0.15, 0.2) is 47.1 Å². The second-order valence-corrected chi connectivity index (χ2v) is 11.1. The Morgan fingerprint density at radius 2 is 1.85 bits per heavy atom. The number of rotatable bonds is 5. The van der Waals surface area contributed by atoms with E-state index in [-0.39, 0.29) is 23.4 Å². The summed E-state index contributed by atoms with van der Waals surface area (Å²) in [5, 5.41) is 0. The maximum Gasteiger partial charge on any atom is 0.294 e. The minimum absolute atomic E-state index is 0.0398. The number of anilines is 1.